The molecule has 108 valence electrons. The first-order valence-electron chi connectivity index (χ1n) is 5.95. The molecule has 0 saturated carbocycles. The number of nitro benzene ring substituents is 1. The Morgan fingerprint density at radius 2 is 1.90 bits per heavy atom. The van der Waals surface area contributed by atoms with E-state index in [-0.39, 0.29) is 11.5 Å². The predicted molar refractivity (Wildman–Crippen MR) is 80.4 cm³/mol. The van der Waals surface area contributed by atoms with Crippen LogP contribution in [0.1, 0.15) is 11.1 Å². The van der Waals surface area contributed by atoms with Crippen molar-refractivity contribution in [1.29, 1.82) is 5.41 Å². The summed E-state index contributed by atoms with van der Waals surface area (Å²) in [7, 11) is 0. The number of benzene rings is 2. The van der Waals surface area contributed by atoms with E-state index in [4.69, 9.17) is 27.5 Å². The average Bonchev–Trinajstić information content (AvgIpc) is 2.37. The van der Waals surface area contributed by atoms with Gasteiger partial charge in [0, 0.05) is 23.3 Å². The summed E-state index contributed by atoms with van der Waals surface area (Å²) in [5, 5.41) is 18.4. The highest BCUT2D eigenvalue weighted by atomic mass is 35.5. The molecular formula is C14H12ClN3O3. The minimum atomic E-state index is -0.447. The first-order valence-corrected chi connectivity index (χ1v) is 6.33. The Labute approximate surface area is 125 Å². The highest BCUT2D eigenvalue weighted by molar-refractivity contribution is 6.34. The third kappa shape index (κ3) is 3.29. The predicted octanol–water partition coefficient (Wildman–Crippen LogP) is 3.63. The van der Waals surface area contributed by atoms with E-state index in [1.807, 2.05) is 0 Å². The molecule has 3 N–H and O–H groups in total. The summed E-state index contributed by atoms with van der Waals surface area (Å²) in [4.78, 5) is 10.3. The molecule has 0 aliphatic heterocycles. The summed E-state index contributed by atoms with van der Waals surface area (Å²) in [5.74, 6) is 0.792. The van der Waals surface area contributed by atoms with Gasteiger partial charge < -0.3 is 10.5 Å². The van der Waals surface area contributed by atoms with Gasteiger partial charge in [0.05, 0.1) is 9.95 Å². The maximum Gasteiger partial charge on any atom is 0.272 e. The molecule has 0 aliphatic carbocycles. The molecule has 7 heteroatoms. The van der Waals surface area contributed by atoms with Gasteiger partial charge in [-0.25, -0.2) is 0 Å². The van der Waals surface area contributed by atoms with Crippen LogP contribution in [0.2, 0.25) is 5.02 Å². The molecule has 21 heavy (non-hydrogen) atoms. The molecule has 2 rings (SSSR count). The van der Waals surface area contributed by atoms with Gasteiger partial charge in [0.15, 0.2) is 0 Å². The van der Waals surface area contributed by atoms with Crippen LogP contribution < -0.4 is 10.5 Å². The molecule has 0 fully saturated rings. The number of ether oxygens (including phenoxy) is 1. The normalized spacial score (nSPS) is 10.2. The fourth-order valence-corrected chi connectivity index (χ4v) is 2.08. The second-order valence-electron chi connectivity index (χ2n) is 4.36. The number of nitrogens with two attached hydrogens (primary N) is 1. The van der Waals surface area contributed by atoms with Crippen LogP contribution in [0.4, 0.5) is 5.69 Å². The zero-order valence-electron chi connectivity index (χ0n) is 11.1. The summed E-state index contributed by atoms with van der Waals surface area (Å²) in [6.45, 7) is 1.64. The van der Waals surface area contributed by atoms with E-state index in [9.17, 15) is 10.1 Å². The van der Waals surface area contributed by atoms with Gasteiger partial charge >= 0.3 is 0 Å². The van der Waals surface area contributed by atoms with Crippen molar-refractivity contribution in [3.8, 4) is 11.5 Å². The van der Waals surface area contributed by atoms with Gasteiger partial charge in [0.1, 0.15) is 17.3 Å². The fourth-order valence-electron chi connectivity index (χ4n) is 1.81. The van der Waals surface area contributed by atoms with Crippen LogP contribution in [0.15, 0.2) is 36.4 Å². The lowest BCUT2D eigenvalue weighted by Gasteiger charge is -2.09. The Bertz CT molecular complexity index is 670. The molecule has 0 amide bonds. The van der Waals surface area contributed by atoms with E-state index in [2.05, 4.69) is 0 Å². The Morgan fingerprint density at radius 1 is 1.29 bits per heavy atom. The van der Waals surface area contributed by atoms with Crippen molar-refractivity contribution < 1.29 is 9.66 Å². The Balaban J connectivity index is 2.26. The van der Waals surface area contributed by atoms with E-state index in [0.717, 1.165) is 0 Å². The van der Waals surface area contributed by atoms with Gasteiger partial charge in [-0.3, -0.25) is 15.5 Å². The quantitative estimate of drug-likeness (QED) is 0.389. The minimum absolute atomic E-state index is 0.0345. The number of nitrogens with zero attached hydrogens (tertiary/aromatic N) is 1. The molecule has 0 aromatic heterocycles. The Kier molecular flexibility index (Phi) is 4.09. The second-order valence-corrected chi connectivity index (χ2v) is 4.77. The monoisotopic (exact) mass is 305 g/mol. The number of nitro groups is 1. The Hall–Kier alpha value is -2.60. The number of nitrogens with one attached hydrogen (secondary N) is 1. The van der Waals surface area contributed by atoms with Crippen LogP contribution >= 0.6 is 11.6 Å². The fraction of sp³-hybridized carbons (Fsp3) is 0.0714. The minimum Gasteiger partial charge on any atom is -0.457 e. The number of rotatable bonds is 4. The molecule has 2 aromatic carbocycles. The molecule has 0 unspecified atom stereocenters. The number of nitrogen functional groups attached to an aromatic ring is 1. The molecule has 0 saturated heterocycles. The summed E-state index contributed by atoms with van der Waals surface area (Å²) >= 11 is 6.00. The first kappa shape index (κ1) is 14.8. The van der Waals surface area contributed by atoms with E-state index in [1.54, 1.807) is 25.1 Å². The lowest BCUT2D eigenvalue weighted by molar-refractivity contribution is -0.385. The molecular weight excluding hydrogens is 294 g/mol. The maximum atomic E-state index is 10.8. The lowest BCUT2D eigenvalue weighted by atomic mass is 10.2. The summed E-state index contributed by atoms with van der Waals surface area (Å²) in [5.41, 5.74) is 6.33. The highest BCUT2D eigenvalue weighted by Gasteiger charge is 2.11. The average molecular weight is 306 g/mol. The van der Waals surface area contributed by atoms with Crippen molar-refractivity contribution in [2.75, 3.05) is 0 Å². The zero-order chi connectivity index (χ0) is 15.6. The smallest absolute Gasteiger partial charge is 0.272 e. The van der Waals surface area contributed by atoms with Crippen LogP contribution in [-0.2, 0) is 0 Å². The van der Waals surface area contributed by atoms with Gasteiger partial charge in [-0.15, -0.1) is 0 Å². The highest BCUT2D eigenvalue weighted by Crippen LogP contribution is 2.29. The second kappa shape index (κ2) is 5.80. The molecule has 0 spiro atoms. The molecule has 0 aliphatic rings. The molecule has 0 radical (unpaired) electrons. The van der Waals surface area contributed by atoms with Crippen LogP contribution in [0.5, 0.6) is 11.5 Å². The Morgan fingerprint density at radius 3 is 2.43 bits per heavy atom. The topological polar surface area (TPSA) is 102 Å². The SMILES string of the molecule is Cc1cc(Oc2ccc(C(=N)N)c(Cl)c2)ccc1[N+](=O)[O-]. The maximum absolute atomic E-state index is 10.8. The van der Waals surface area contributed by atoms with Crippen LogP contribution in [0.3, 0.4) is 0 Å². The number of hydrogen-bond donors (Lipinski definition) is 2. The molecule has 0 bridgehead atoms. The van der Waals surface area contributed by atoms with Gasteiger partial charge in [-0.2, -0.15) is 0 Å². The van der Waals surface area contributed by atoms with Crippen molar-refractivity contribution in [3.05, 3.63) is 62.7 Å². The standard InChI is InChI=1S/C14H12ClN3O3/c1-8-6-9(3-5-13(8)18(19)20)21-10-2-4-11(14(16)17)12(15)7-10/h2-7H,1H3,(H3,16,17). The van der Waals surface area contributed by atoms with E-state index in [1.165, 1.54) is 18.2 Å². The van der Waals surface area contributed by atoms with Gasteiger partial charge in [-0.05, 0) is 31.2 Å². The van der Waals surface area contributed by atoms with Gasteiger partial charge in [0.25, 0.3) is 5.69 Å². The van der Waals surface area contributed by atoms with Crippen molar-refractivity contribution >= 4 is 23.1 Å². The zero-order valence-corrected chi connectivity index (χ0v) is 11.8. The molecule has 0 heterocycles. The summed E-state index contributed by atoms with van der Waals surface area (Å²) < 4.78 is 5.59. The van der Waals surface area contributed by atoms with Crippen LogP contribution in [0.25, 0.3) is 0 Å². The number of hydrogen-bond acceptors (Lipinski definition) is 4. The van der Waals surface area contributed by atoms with Gasteiger partial charge in [-0.1, -0.05) is 11.6 Å². The van der Waals surface area contributed by atoms with Crippen molar-refractivity contribution in [1.82, 2.24) is 0 Å². The third-order valence-corrected chi connectivity index (χ3v) is 3.14. The number of amidine groups is 1. The third-order valence-electron chi connectivity index (χ3n) is 2.83. The van der Waals surface area contributed by atoms with Crippen molar-refractivity contribution in [2.45, 2.75) is 6.92 Å². The van der Waals surface area contributed by atoms with Crippen LogP contribution in [0, 0.1) is 22.4 Å². The van der Waals surface area contributed by atoms with Gasteiger partial charge in [0.2, 0.25) is 0 Å². The van der Waals surface area contributed by atoms with Crippen molar-refractivity contribution in [3.63, 3.8) is 0 Å². The van der Waals surface area contributed by atoms with E-state index in [0.29, 0.717) is 27.6 Å². The van der Waals surface area contributed by atoms with E-state index >= 15 is 0 Å². The summed E-state index contributed by atoms with van der Waals surface area (Å²) in [6, 6.07) is 9.21. The number of halogens is 1. The lowest BCUT2D eigenvalue weighted by Crippen LogP contribution is -2.11. The molecule has 2 aromatic rings. The number of aryl methyl sites for hydroxylation is 1. The largest absolute Gasteiger partial charge is 0.457 e. The first-order chi connectivity index (χ1) is 9.88. The molecule has 0 atom stereocenters. The van der Waals surface area contributed by atoms with Crippen molar-refractivity contribution in [2.24, 2.45) is 5.73 Å². The molecule has 6 nitrogen and oxygen atoms in total. The van der Waals surface area contributed by atoms with E-state index < -0.39 is 4.92 Å². The summed E-state index contributed by atoms with van der Waals surface area (Å²) in [6.07, 6.45) is 0. The van der Waals surface area contributed by atoms with Crippen LogP contribution in [-0.4, -0.2) is 10.8 Å².